The summed E-state index contributed by atoms with van der Waals surface area (Å²) in [5, 5.41) is 3.18. The summed E-state index contributed by atoms with van der Waals surface area (Å²) in [6.07, 6.45) is 0. The van der Waals surface area contributed by atoms with Crippen LogP contribution in [0.2, 0.25) is 0 Å². The zero-order chi connectivity index (χ0) is 14.5. The summed E-state index contributed by atoms with van der Waals surface area (Å²) in [4.78, 5) is 4.48. The molecule has 6 heteroatoms. The molecule has 0 aliphatic carbocycles. The number of hydrogen-bond donors (Lipinski definition) is 1. The van der Waals surface area contributed by atoms with Gasteiger partial charge in [0.25, 0.3) is 0 Å². The molecule has 0 bridgehead atoms. The SMILES string of the molecule is CCNc1cccc(COc2c(Br)cc(Br)cc2Br)n1. The van der Waals surface area contributed by atoms with Crippen LogP contribution in [-0.4, -0.2) is 11.5 Å². The van der Waals surface area contributed by atoms with Gasteiger partial charge in [0, 0.05) is 11.0 Å². The Hall–Kier alpha value is -0.590. The van der Waals surface area contributed by atoms with Crippen LogP contribution in [-0.2, 0) is 6.61 Å². The van der Waals surface area contributed by atoms with Crippen LogP contribution in [0.4, 0.5) is 5.82 Å². The average molecular weight is 465 g/mol. The van der Waals surface area contributed by atoms with Gasteiger partial charge in [-0.25, -0.2) is 4.98 Å². The normalized spacial score (nSPS) is 10.4. The number of halogens is 3. The predicted octanol–water partition coefficient (Wildman–Crippen LogP) is 5.38. The third-order valence-electron chi connectivity index (χ3n) is 2.49. The molecule has 0 atom stereocenters. The highest BCUT2D eigenvalue weighted by molar-refractivity contribution is 9.11. The van der Waals surface area contributed by atoms with E-state index < -0.39 is 0 Å². The van der Waals surface area contributed by atoms with Crippen LogP contribution in [0.1, 0.15) is 12.6 Å². The number of benzene rings is 1. The lowest BCUT2D eigenvalue weighted by atomic mass is 10.3. The topological polar surface area (TPSA) is 34.1 Å². The number of hydrogen-bond acceptors (Lipinski definition) is 3. The molecule has 20 heavy (non-hydrogen) atoms. The lowest BCUT2D eigenvalue weighted by Gasteiger charge is -2.11. The number of nitrogens with one attached hydrogen (secondary N) is 1. The van der Waals surface area contributed by atoms with E-state index in [0.29, 0.717) is 6.61 Å². The summed E-state index contributed by atoms with van der Waals surface area (Å²) in [5.74, 6) is 1.63. The van der Waals surface area contributed by atoms with Crippen molar-refractivity contribution in [2.24, 2.45) is 0 Å². The van der Waals surface area contributed by atoms with Gasteiger partial charge in [-0.1, -0.05) is 22.0 Å². The summed E-state index contributed by atoms with van der Waals surface area (Å²) < 4.78 is 8.60. The van der Waals surface area contributed by atoms with E-state index in [9.17, 15) is 0 Å². The minimum Gasteiger partial charge on any atom is -0.485 e. The molecular formula is C14H13Br3N2O. The Morgan fingerprint density at radius 2 is 1.85 bits per heavy atom. The van der Waals surface area contributed by atoms with E-state index in [-0.39, 0.29) is 0 Å². The van der Waals surface area contributed by atoms with Crippen molar-refractivity contribution in [2.45, 2.75) is 13.5 Å². The first-order chi connectivity index (χ1) is 9.60. The molecular weight excluding hydrogens is 452 g/mol. The molecule has 106 valence electrons. The Balaban J connectivity index is 2.11. The highest BCUT2D eigenvalue weighted by atomic mass is 79.9. The molecule has 0 radical (unpaired) electrons. The molecule has 0 saturated carbocycles. The molecule has 3 nitrogen and oxygen atoms in total. The number of pyridine rings is 1. The van der Waals surface area contributed by atoms with E-state index in [4.69, 9.17) is 4.74 Å². The Bertz CT molecular complexity index is 582. The first-order valence-electron chi connectivity index (χ1n) is 6.07. The zero-order valence-corrected chi connectivity index (χ0v) is 15.5. The second-order valence-corrected chi connectivity index (χ2v) is 6.66. The third kappa shape index (κ3) is 4.20. The van der Waals surface area contributed by atoms with Crippen LogP contribution in [0.5, 0.6) is 5.75 Å². The Labute approximate surface area is 143 Å². The highest BCUT2D eigenvalue weighted by Gasteiger charge is 2.09. The number of aromatic nitrogens is 1. The molecule has 1 aromatic heterocycles. The number of anilines is 1. The standard InChI is InChI=1S/C14H13Br3N2O/c1-2-18-13-5-3-4-10(19-13)8-20-14-11(16)6-9(15)7-12(14)17/h3-7H,2,8H2,1H3,(H,18,19). The van der Waals surface area contributed by atoms with Gasteiger partial charge in [0.15, 0.2) is 0 Å². The summed E-state index contributed by atoms with van der Waals surface area (Å²) in [6, 6.07) is 9.75. The quantitative estimate of drug-likeness (QED) is 0.645. The van der Waals surface area contributed by atoms with Gasteiger partial charge in [-0.3, -0.25) is 0 Å². The fourth-order valence-electron chi connectivity index (χ4n) is 1.65. The van der Waals surface area contributed by atoms with Crippen molar-refractivity contribution in [3.8, 4) is 5.75 Å². The minimum absolute atomic E-state index is 0.415. The number of ether oxygens (including phenoxy) is 1. The molecule has 0 spiro atoms. The molecule has 1 aromatic carbocycles. The maximum atomic E-state index is 5.84. The summed E-state index contributed by atoms with van der Waals surface area (Å²) in [7, 11) is 0. The molecule has 0 amide bonds. The van der Waals surface area contributed by atoms with Gasteiger partial charge >= 0.3 is 0 Å². The van der Waals surface area contributed by atoms with E-state index in [1.807, 2.05) is 37.3 Å². The van der Waals surface area contributed by atoms with Gasteiger partial charge in [-0.2, -0.15) is 0 Å². The predicted molar refractivity (Wildman–Crippen MR) is 92.3 cm³/mol. The smallest absolute Gasteiger partial charge is 0.148 e. The lowest BCUT2D eigenvalue weighted by molar-refractivity contribution is 0.297. The van der Waals surface area contributed by atoms with Crippen molar-refractivity contribution < 1.29 is 4.74 Å². The molecule has 2 rings (SSSR count). The van der Waals surface area contributed by atoms with Crippen LogP contribution in [0.25, 0.3) is 0 Å². The van der Waals surface area contributed by atoms with E-state index in [1.54, 1.807) is 0 Å². The Morgan fingerprint density at radius 3 is 2.50 bits per heavy atom. The molecule has 1 N–H and O–H groups in total. The maximum absolute atomic E-state index is 5.84. The van der Waals surface area contributed by atoms with Crippen molar-refractivity contribution in [3.05, 3.63) is 49.4 Å². The molecule has 2 aromatic rings. The van der Waals surface area contributed by atoms with Crippen molar-refractivity contribution in [2.75, 3.05) is 11.9 Å². The zero-order valence-electron chi connectivity index (χ0n) is 10.8. The van der Waals surface area contributed by atoms with Crippen molar-refractivity contribution in [1.82, 2.24) is 4.98 Å². The van der Waals surface area contributed by atoms with E-state index in [0.717, 1.165) is 37.2 Å². The molecule has 0 saturated heterocycles. The summed E-state index contributed by atoms with van der Waals surface area (Å²) >= 11 is 10.4. The molecule has 0 unspecified atom stereocenters. The van der Waals surface area contributed by atoms with E-state index in [1.165, 1.54) is 0 Å². The maximum Gasteiger partial charge on any atom is 0.148 e. The monoisotopic (exact) mass is 462 g/mol. The Kier molecular flexibility index (Phi) is 5.86. The van der Waals surface area contributed by atoms with Gasteiger partial charge in [0.1, 0.15) is 18.2 Å². The van der Waals surface area contributed by atoms with Gasteiger partial charge < -0.3 is 10.1 Å². The van der Waals surface area contributed by atoms with Crippen molar-refractivity contribution >= 4 is 53.6 Å². The van der Waals surface area contributed by atoms with Crippen molar-refractivity contribution in [3.63, 3.8) is 0 Å². The summed E-state index contributed by atoms with van der Waals surface area (Å²) in [6.45, 7) is 3.31. The van der Waals surface area contributed by atoms with Gasteiger partial charge in [0.2, 0.25) is 0 Å². The van der Waals surface area contributed by atoms with Gasteiger partial charge in [-0.15, -0.1) is 0 Å². The largest absolute Gasteiger partial charge is 0.485 e. The molecule has 0 fully saturated rings. The van der Waals surface area contributed by atoms with Crippen LogP contribution < -0.4 is 10.1 Å². The fourth-order valence-corrected chi connectivity index (χ4v) is 4.14. The fraction of sp³-hybridized carbons (Fsp3) is 0.214. The van der Waals surface area contributed by atoms with Crippen LogP contribution in [0.3, 0.4) is 0 Å². The first-order valence-corrected chi connectivity index (χ1v) is 8.45. The lowest BCUT2D eigenvalue weighted by Crippen LogP contribution is -2.03. The molecule has 0 aliphatic rings. The Morgan fingerprint density at radius 1 is 1.15 bits per heavy atom. The molecule has 1 heterocycles. The average Bonchev–Trinajstić information content (AvgIpc) is 2.38. The van der Waals surface area contributed by atoms with Crippen LogP contribution in [0, 0.1) is 0 Å². The van der Waals surface area contributed by atoms with Gasteiger partial charge in [0.05, 0.1) is 14.6 Å². The first kappa shape index (κ1) is 15.8. The second kappa shape index (κ2) is 7.43. The number of nitrogens with zero attached hydrogens (tertiary/aromatic N) is 1. The van der Waals surface area contributed by atoms with Crippen LogP contribution >= 0.6 is 47.8 Å². The van der Waals surface area contributed by atoms with E-state index >= 15 is 0 Å². The van der Waals surface area contributed by atoms with E-state index in [2.05, 4.69) is 58.1 Å². The highest BCUT2D eigenvalue weighted by Crippen LogP contribution is 2.36. The second-order valence-electron chi connectivity index (χ2n) is 4.03. The van der Waals surface area contributed by atoms with Crippen molar-refractivity contribution in [1.29, 1.82) is 0 Å². The van der Waals surface area contributed by atoms with Crippen LogP contribution in [0.15, 0.2) is 43.7 Å². The van der Waals surface area contributed by atoms with Gasteiger partial charge in [-0.05, 0) is 63.0 Å². The molecule has 0 aliphatic heterocycles. The summed E-state index contributed by atoms with van der Waals surface area (Å²) in [5.41, 5.74) is 0.880. The number of rotatable bonds is 5. The third-order valence-corrected chi connectivity index (χ3v) is 4.13. The minimum atomic E-state index is 0.415.